The van der Waals surface area contributed by atoms with Crippen LogP contribution < -0.4 is 5.63 Å². The number of aliphatic hydroxyl groups excluding tert-OH is 2. The van der Waals surface area contributed by atoms with Gasteiger partial charge < -0.3 is 14.6 Å². The van der Waals surface area contributed by atoms with Crippen LogP contribution in [-0.4, -0.2) is 27.4 Å². The van der Waals surface area contributed by atoms with Crippen molar-refractivity contribution in [3.8, 4) is 0 Å². The molecule has 4 fully saturated rings. The van der Waals surface area contributed by atoms with Crippen LogP contribution in [0.3, 0.4) is 0 Å². The zero-order valence-corrected chi connectivity index (χ0v) is 23.4. The van der Waals surface area contributed by atoms with Crippen LogP contribution in [-0.2, 0) is 6.42 Å². The Balaban J connectivity index is 1.20. The summed E-state index contributed by atoms with van der Waals surface area (Å²) in [4.78, 5) is 16.2. The molecule has 1 aromatic carbocycles. The van der Waals surface area contributed by atoms with Crippen molar-refractivity contribution < 1.29 is 32.2 Å². The second-order valence-corrected chi connectivity index (χ2v) is 13.8. The SMILES string of the molecule is C[C@H](CCc1nc2c(F)c(F)c(F)c(F)c2c(=O)o1)[C@H]1CC[C@H]2[C@H]3C(CC[C@]12C)[C@@]1(C)CC[C@@H](O)C[C@H]1C[C@@H]3O. The second kappa shape index (κ2) is 9.79. The minimum Gasteiger partial charge on any atom is -0.408 e. The molecule has 220 valence electrons. The molecule has 0 radical (unpaired) electrons. The van der Waals surface area contributed by atoms with Crippen LogP contribution in [0.5, 0.6) is 0 Å². The Bertz CT molecular complexity index is 1380. The van der Waals surface area contributed by atoms with E-state index in [1.807, 2.05) is 0 Å². The number of benzene rings is 1. The number of aliphatic hydroxyl groups is 2. The van der Waals surface area contributed by atoms with Crippen LogP contribution in [0.15, 0.2) is 9.21 Å². The van der Waals surface area contributed by atoms with Crippen LogP contribution in [0.2, 0.25) is 0 Å². The number of aryl methyl sites for hydroxylation is 1. The van der Waals surface area contributed by atoms with Crippen molar-refractivity contribution in [2.45, 2.75) is 97.2 Å². The molecule has 2 N–H and O–H groups in total. The molecule has 1 heterocycles. The topological polar surface area (TPSA) is 83.6 Å². The van der Waals surface area contributed by atoms with Gasteiger partial charge in [-0.25, -0.2) is 27.3 Å². The number of halogens is 4. The molecule has 2 aromatic rings. The van der Waals surface area contributed by atoms with Crippen LogP contribution in [0.4, 0.5) is 17.6 Å². The molecule has 4 aliphatic carbocycles. The van der Waals surface area contributed by atoms with Gasteiger partial charge in [-0.2, -0.15) is 0 Å². The van der Waals surface area contributed by atoms with Gasteiger partial charge in [-0.1, -0.05) is 20.8 Å². The highest BCUT2D eigenvalue weighted by atomic mass is 19.2. The molecule has 0 spiro atoms. The summed E-state index contributed by atoms with van der Waals surface area (Å²) >= 11 is 0. The van der Waals surface area contributed by atoms with Crippen molar-refractivity contribution in [2.75, 3.05) is 0 Å². The molecular weight excluding hydrogens is 526 g/mol. The molecule has 0 amide bonds. The number of hydrogen-bond donors (Lipinski definition) is 2. The lowest BCUT2D eigenvalue weighted by atomic mass is 9.43. The van der Waals surface area contributed by atoms with Crippen molar-refractivity contribution in [3.05, 3.63) is 39.6 Å². The maximum atomic E-state index is 14.3. The van der Waals surface area contributed by atoms with E-state index in [2.05, 4.69) is 25.8 Å². The van der Waals surface area contributed by atoms with Crippen molar-refractivity contribution in [3.63, 3.8) is 0 Å². The first-order valence-corrected chi connectivity index (χ1v) is 14.9. The van der Waals surface area contributed by atoms with Crippen molar-refractivity contribution in [2.24, 2.45) is 46.3 Å². The smallest absolute Gasteiger partial charge is 0.350 e. The molecule has 1 aromatic heterocycles. The van der Waals surface area contributed by atoms with Gasteiger partial charge in [0.15, 0.2) is 29.2 Å². The minimum atomic E-state index is -2.06. The third-order valence-corrected chi connectivity index (χ3v) is 12.1. The van der Waals surface area contributed by atoms with E-state index in [0.717, 1.165) is 51.4 Å². The van der Waals surface area contributed by atoms with E-state index < -0.39 is 39.8 Å². The lowest BCUT2D eigenvalue weighted by Crippen LogP contribution is -2.58. The fraction of sp³-hybridized carbons (Fsp3) is 0.742. The molecule has 0 saturated heterocycles. The van der Waals surface area contributed by atoms with Gasteiger partial charge in [0.2, 0.25) is 0 Å². The van der Waals surface area contributed by atoms with Gasteiger partial charge in [0.25, 0.3) is 0 Å². The zero-order chi connectivity index (χ0) is 28.7. The Morgan fingerprint density at radius 2 is 1.60 bits per heavy atom. The quantitative estimate of drug-likeness (QED) is 0.258. The molecule has 0 aliphatic heterocycles. The first-order chi connectivity index (χ1) is 18.9. The van der Waals surface area contributed by atoms with Crippen LogP contribution in [0.1, 0.15) is 84.4 Å². The molecule has 4 aliphatic rings. The Morgan fingerprint density at radius 1 is 0.925 bits per heavy atom. The highest BCUT2D eigenvalue weighted by Crippen LogP contribution is 2.68. The monoisotopic (exact) mass is 565 g/mol. The third kappa shape index (κ3) is 4.08. The van der Waals surface area contributed by atoms with E-state index in [1.165, 1.54) is 0 Å². The van der Waals surface area contributed by atoms with Gasteiger partial charge in [0.1, 0.15) is 10.9 Å². The second-order valence-electron chi connectivity index (χ2n) is 13.8. The van der Waals surface area contributed by atoms with Gasteiger partial charge in [0.05, 0.1) is 12.2 Å². The Hall–Kier alpha value is -2.00. The minimum absolute atomic E-state index is 0.0481. The van der Waals surface area contributed by atoms with Gasteiger partial charge >= 0.3 is 5.63 Å². The maximum absolute atomic E-state index is 14.3. The molecule has 10 atom stereocenters. The molecule has 40 heavy (non-hydrogen) atoms. The van der Waals surface area contributed by atoms with E-state index in [1.54, 1.807) is 0 Å². The summed E-state index contributed by atoms with van der Waals surface area (Å²) in [7, 11) is 0. The molecule has 9 heteroatoms. The van der Waals surface area contributed by atoms with E-state index in [9.17, 15) is 32.6 Å². The summed E-state index contributed by atoms with van der Waals surface area (Å²) < 4.78 is 61.0. The first kappa shape index (κ1) is 28.1. The van der Waals surface area contributed by atoms with Crippen LogP contribution in [0.25, 0.3) is 10.9 Å². The average Bonchev–Trinajstić information content (AvgIpc) is 3.27. The zero-order valence-electron chi connectivity index (χ0n) is 23.4. The van der Waals surface area contributed by atoms with Crippen LogP contribution >= 0.6 is 0 Å². The fourth-order valence-electron chi connectivity index (χ4n) is 10.1. The maximum Gasteiger partial charge on any atom is 0.350 e. The Morgan fingerprint density at radius 3 is 2.35 bits per heavy atom. The van der Waals surface area contributed by atoms with Gasteiger partial charge in [0, 0.05) is 6.42 Å². The van der Waals surface area contributed by atoms with Crippen LogP contribution in [0, 0.1) is 69.6 Å². The lowest BCUT2D eigenvalue weighted by Gasteiger charge is -2.62. The van der Waals surface area contributed by atoms with Crippen molar-refractivity contribution >= 4 is 10.9 Å². The van der Waals surface area contributed by atoms with E-state index in [0.29, 0.717) is 30.1 Å². The summed E-state index contributed by atoms with van der Waals surface area (Å²) in [6.45, 7) is 6.90. The predicted molar refractivity (Wildman–Crippen MR) is 140 cm³/mol. The van der Waals surface area contributed by atoms with Crippen molar-refractivity contribution in [1.29, 1.82) is 0 Å². The summed E-state index contributed by atoms with van der Waals surface area (Å²) in [6, 6.07) is 0. The number of aromatic nitrogens is 1. The van der Waals surface area contributed by atoms with E-state index in [4.69, 9.17) is 4.42 Å². The summed E-state index contributed by atoms with van der Waals surface area (Å²) in [5, 5.41) is 20.7. The Kier molecular flexibility index (Phi) is 6.88. The highest BCUT2D eigenvalue weighted by molar-refractivity contribution is 5.78. The lowest BCUT2D eigenvalue weighted by molar-refractivity contribution is -0.174. The standard InChI is InChI=1S/C31H39F4NO4/c1-14(4-7-21-36-28-23(29(39)40-21)24(32)25(33)26(34)27(28)35)17-5-6-18-22-19(9-11-31(17,18)3)30(2)10-8-16(37)12-15(30)13-20(22)38/h14-20,22,37-38H,4-13H2,1-3H3/t14-,15+,16-,17-,18+,19?,20+,22+,30+,31-/m1/s1. The normalized spacial score (nSPS) is 40.0. The summed E-state index contributed by atoms with van der Waals surface area (Å²) in [5.41, 5.74) is -1.92. The first-order valence-electron chi connectivity index (χ1n) is 14.9. The summed E-state index contributed by atoms with van der Waals surface area (Å²) in [5.74, 6) is -5.64. The van der Waals surface area contributed by atoms with E-state index in [-0.39, 0.29) is 47.2 Å². The predicted octanol–water partition coefficient (Wildman–Crippen LogP) is 6.30. The number of hydrogen-bond acceptors (Lipinski definition) is 5. The third-order valence-electron chi connectivity index (χ3n) is 12.1. The van der Waals surface area contributed by atoms with Gasteiger partial charge in [-0.3, -0.25) is 0 Å². The van der Waals surface area contributed by atoms with Gasteiger partial charge in [-0.15, -0.1) is 0 Å². The fourth-order valence-corrected chi connectivity index (χ4v) is 10.1. The number of fused-ring (bicyclic) bond motifs is 6. The highest BCUT2D eigenvalue weighted by Gasteiger charge is 2.62. The Labute approximate surface area is 231 Å². The van der Waals surface area contributed by atoms with Crippen molar-refractivity contribution in [1.82, 2.24) is 4.98 Å². The molecule has 0 bridgehead atoms. The largest absolute Gasteiger partial charge is 0.408 e. The number of rotatable bonds is 4. The molecule has 5 nitrogen and oxygen atoms in total. The number of nitrogens with zero attached hydrogens (tertiary/aromatic N) is 1. The summed E-state index contributed by atoms with van der Waals surface area (Å²) in [6.07, 6.45) is 7.75. The average molecular weight is 566 g/mol. The van der Waals surface area contributed by atoms with E-state index >= 15 is 0 Å². The van der Waals surface area contributed by atoms with Gasteiger partial charge in [-0.05, 0) is 104 Å². The molecule has 1 unspecified atom stereocenters. The molecule has 6 rings (SSSR count). The molecule has 4 saturated carbocycles. The molecular formula is C31H39F4NO4.